The van der Waals surface area contributed by atoms with Crippen LogP contribution in [0.25, 0.3) is 0 Å². The zero-order valence-electron chi connectivity index (χ0n) is 55.4. The molecule has 2 fully saturated rings. The average Bonchev–Trinajstić information content (AvgIpc) is 1.58. The molecule has 1 saturated heterocycles. The van der Waals surface area contributed by atoms with Gasteiger partial charge < -0.3 is 65.2 Å². The van der Waals surface area contributed by atoms with Crippen LogP contribution in [-0.2, 0) is 53.1 Å². The number of nitrogens with zero attached hydrogens (tertiary/aromatic N) is 5. The molecule has 25 nitrogen and oxygen atoms in total. The normalized spacial score (nSPS) is 17.7. The average molecular weight is 1350 g/mol. The van der Waals surface area contributed by atoms with Crippen molar-refractivity contribution in [3.8, 4) is 34.8 Å². The molecule has 5 aliphatic heterocycles. The van der Waals surface area contributed by atoms with Crippen molar-refractivity contribution in [2.24, 2.45) is 16.3 Å². The molecule has 9 amide bonds. The number of amides is 9. The molecule has 25 heteroatoms. The Bertz CT molecular complexity index is 4290. The number of ether oxygens (including phenoxy) is 5. The number of nitrogens with one attached hydrogen (secondary N) is 5. The molecule has 1 spiro atoms. The summed E-state index contributed by atoms with van der Waals surface area (Å²) in [4.78, 5) is 133. The number of aliphatic imine (C=N–C) groups is 1. The molecule has 6 aromatic carbocycles. The van der Waals surface area contributed by atoms with Crippen molar-refractivity contribution in [3.63, 3.8) is 0 Å². The van der Waals surface area contributed by atoms with E-state index in [9.17, 15) is 48.3 Å². The van der Waals surface area contributed by atoms with Gasteiger partial charge in [-0.3, -0.25) is 48.2 Å². The van der Waals surface area contributed by atoms with Crippen LogP contribution in [0.1, 0.15) is 108 Å². The highest BCUT2D eigenvalue weighted by Crippen LogP contribution is 2.57. The number of carbonyl (C=O) groups excluding carboxylic acids is 9. The SMILES string of the molecule is COc1cc2c(cc1OCCCOc1cc3c(cc1OC)C(=O)N1CC4(CC4)C[C@H]1C(O)N3C(=O)OCc1ccc(NC(=O)[C@H](C)NC(=O)[C@@H](NC(=O)CNC(=O)CNC(=O)CCC(=O)N3Cc4ccccc4C#Cc4ccccc43)C(C)C)cc1)N=C[C@@H]1Cc3ccccc3N1C2=O. The molecule has 1 unspecified atom stereocenters. The van der Waals surface area contributed by atoms with Crippen molar-refractivity contribution < 1.29 is 71.9 Å². The first-order valence-electron chi connectivity index (χ1n) is 32.9. The van der Waals surface area contributed by atoms with E-state index in [2.05, 4.69) is 38.4 Å². The zero-order chi connectivity index (χ0) is 69.6. The molecule has 1 saturated carbocycles. The van der Waals surface area contributed by atoms with Gasteiger partial charge in [-0.1, -0.05) is 86.4 Å². The highest BCUT2D eigenvalue weighted by atomic mass is 16.6. The Hall–Kier alpha value is -11.3. The molecule has 99 heavy (non-hydrogen) atoms. The minimum absolute atomic E-state index is 0.0562. The van der Waals surface area contributed by atoms with E-state index in [0.717, 1.165) is 40.1 Å². The second-order valence-corrected chi connectivity index (χ2v) is 25.7. The lowest BCUT2D eigenvalue weighted by molar-refractivity contribution is -0.132. The Morgan fingerprint density at radius 3 is 2.04 bits per heavy atom. The molecule has 12 rings (SSSR count). The van der Waals surface area contributed by atoms with Crippen molar-refractivity contribution in [1.29, 1.82) is 0 Å². The minimum Gasteiger partial charge on any atom is -0.493 e. The maximum Gasteiger partial charge on any atom is 0.416 e. The van der Waals surface area contributed by atoms with Gasteiger partial charge in [0.15, 0.2) is 29.2 Å². The summed E-state index contributed by atoms with van der Waals surface area (Å²) in [7, 11) is 2.93. The molecule has 5 heterocycles. The number of anilines is 4. The number of benzene rings is 6. The fourth-order valence-electron chi connectivity index (χ4n) is 13.0. The summed E-state index contributed by atoms with van der Waals surface area (Å²) in [5, 5.41) is 25.0. The zero-order valence-corrected chi connectivity index (χ0v) is 55.4. The van der Waals surface area contributed by atoms with Crippen LogP contribution in [0.4, 0.5) is 33.2 Å². The number of methoxy groups -OCH3 is 2. The molecular formula is C74H76N10O15. The summed E-state index contributed by atoms with van der Waals surface area (Å²) in [6, 6.07) is 32.2. The predicted octanol–water partition coefficient (Wildman–Crippen LogP) is 6.85. The van der Waals surface area contributed by atoms with Gasteiger partial charge in [0.2, 0.25) is 35.4 Å². The smallest absolute Gasteiger partial charge is 0.416 e. The number of fused-ring (bicyclic) bond motifs is 8. The Kier molecular flexibility index (Phi) is 20.0. The molecule has 0 bridgehead atoms. The third-order valence-corrected chi connectivity index (χ3v) is 18.5. The van der Waals surface area contributed by atoms with Crippen LogP contribution in [0.15, 0.2) is 126 Å². The van der Waals surface area contributed by atoms with Crippen molar-refractivity contribution in [1.82, 2.24) is 26.2 Å². The largest absolute Gasteiger partial charge is 0.493 e. The van der Waals surface area contributed by atoms with Crippen molar-refractivity contribution in [2.45, 2.75) is 109 Å². The van der Waals surface area contributed by atoms with Crippen molar-refractivity contribution in [3.05, 3.63) is 160 Å². The second-order valence-electron chi connectivity index (χ2n) is 25.7. The number of carbonyl (C=O) groups is 9. The molecule has 0 aromatic heterocycles. The fourth-order valence-corrected chi connectivity index (χ4v) is 13.0. The number of aliphatic hydroxyl groups excluding tert-OH is 1. The first kappa shape index (κ1) is 67.7. The summed E-state index contributed by atoms with van der Waals surface area (Å²) < 4.78 is 29.8. The van der Waals surface area contributed by atoms with E-state index in [0.29, 0.717) is 71.1 Å². The van der Waals surface area contributed by atoms with Crippen LogP contribution in [0.2, 0.25) is 0 Å². The van der Waals surface area contributed by atoms with Gasteiger partial charge in [-0.15, -0.1) is 0 Å². The molecule has 6 aliphatic rings. The van der Waals surface area contributed by atoms with Gasteiger partial charge in [-0.05, 0) is 103 Å². The van der Waals surface area contributed by atoms with Crippen LogP contribution >= 0.6 is 0 Å². The van der Waals surface area contributed by atoms with Crippen LogP contribution in [0.5, 0.6) is 23.0 Å². The molecule has 6 aromatic rings. The number of hydrogen-bond acceptors (Lipinski definition) is 16. The molecule has 512 valence electrons. The minimum atomic E-state index is -1.50. The van der Waals surface area contributed by atoms with Crippen LogP contribution in [0.3, 0.4) is 0 Å². The fraction of sp³-hybridized carbons (Fsp3) is 0.351. The first-order chi connectivity index (χ1) is 47.8. The maximum atomic E-state index is 14.5. The summed E-state index contributed by atoms with van der Waals surface area (Å²) in [5.74, 6) is 2.94. The van der Waals surface area contributed by atoms with Crippen LogP contribution < -0.4 is 60.2 Å². The standard InChI is InChI=1S/C74H76N10O15/c1-43(2)67(80-65(87)39-77-64(86)38-76-63(85)25-26-66(88)81-40-49-16-7-6-13-46(49)21-22-47-14-8-10-17-55(47)81)69(90)78-44(3)68(89)79-50-23-19-45(20-24-50)41-99-73(94)84-57-35-62(60(96-5)33-53(57)70(91)82-42-74(27-28-74)36-58(82)72(84)93)98-30-12-29-97-61-34-54-52(32-59(61)95-4)71(92)83-51(37-75-54)31-48-15-9-11-18-56(48)83/h6-11,13-20,23-24,32-35,37,43-44,51,58,67,72,93H,12,25-31,36,38-42H2,1-5H3,(H,76,85)(H,77,86)(H,78,90)(H,79,89)(H,80,87)/t44-,51-,58-,67-,72?/m0/s1. The maximum absolute atomic E-state index is 14.5. The summed E-state index contributed by atoms with van der Waals surface area (Å²) >= 11 is 0. The van der Waals surface area contributed by atoms with E-state index in [-0.39, 0.29) is 91.1 Å². The van der Waals surface area contributed by atoms with Gasteiger partial charge >= 0.3 is 6.09 Å². The second kappa shape index (κ2) is 29.2. The number of aliphatic hydroxyl groups is 1. The Morgan fingerprint density at radius 2 is 1.32 bits per heavy atom. The lowest BCUT2D eigenvalue weighted by Crippen LogP contribution is -2.55. The monoisotopic (exact) mass is 1340 g/mol. The van der Waals surface area contributed by atoms with E-state index in [1.807, 2.05) is 66.7 Å². The molecule has 1 aliphatic carbocycles. The quantitative estimate of drug-likeness (QED) is 0.0282. The van der Waals surface area contributed by atoms with Gasteiger partial charge in [-0.25, -0.2) is 9.69 Å². The third-order valence-electron chi connectivity index (χ3n) is 18.5. The van der Waals surface area contributed by atoms with Crippen molar-refractivity contribution in [2.75, 3.05) is 67.1 Å². The van der Waals surface area contributed by atoms with Gasteiger partial charge in [0.25, 0.3) is 11.8 Å². The van der Waals surface area contributed by atoms with Gasteiger partial charge in [0, 0.05) is 73.1 Å². The van der Waals surface area contributed by atoms with E-state index in [1.54, 1.807) is 77.2 Å². The Labute approximate surface area is 571 Å². The van der Waals surface area contributed by atoms with E-state index in [1.165, 1.54) is 33.3 Å². The summed E-state index contributed by atoms with van der Waals surface area (Å²) in [6.07, 6.45) is 2.26. The highest BCUT2D eigenvalue weighted by Gasteiger charge is 2.58. The molecule has 5 atom stereocenters. The number of hydrogen-bond donors (Lipinski definition) is 6. The first-order valence-corrected chi connectivity index (χ1v) is 32.9. The highest BCUT2D eigenvalue weighted by molar-refractivity contribution is 6.15. The van der Waals surface area contributed by atoms with Crippen molar-refractivity contribution >= 4 is 88.0 Å². The van der Waals surface area contributed by atoms with E-state index in [4.69, 9.17) is 28.7 Å². The Morgan fingerprint density at radius 1 is 0.677 bits per heavy atom. The van der Waals surface area contributed by atoms with Gasteiger partial charge in [-0.2, -0.15) is 0 Å². The van der Waals surface area contributed by atoms with E-state index < -0.39 is 79.0 Å². The number of para-hydroxylation sites is 2. The lowest BCUT2D eigenvalue weighted by atomic mass is 10.0. The van der Waals surface area contributed by atoms with Gasteiger partial charge in [0.1, 0.15) is 18.7 Å². The van der Waals surface area contributed by atoms with Gasteiger partial charge in [0.05, 0.1) is 87.3 Å². The van der Waals surface area contributed by atoms with E-state index >= 15 is 0 Å². The molecule has 0 radical (unpaired) electrons. The summed E-state index contributed by atoms with van der Waals surface area (Å²) in [5.41, 5.74) is 6.59. The molecule has 6 N–H and O–H groups in total. The predicted molar refractivity (Wildman–Crippen MR) is 365 cm³/mol. The molecular weight excluding hydrogens is 1270 g/mol. The summed E-state index contributed by atoms with van der Waals surface area (Å²) in [6.45, 7) is 4.50. The Balaban J connectivity index is 0.606. The number of rotatable bonds is 23. The topological polar surface area (TPSA) is 305 Å². The third kappa shape index (κ3) is 14.9. The lowest BCUT2D eigenvalue weighted by Gasteiger charge is -2.31. The van der Waals surface area contributed by atoms with Crippen LogP contribution in [-0.4, -0.2) is 147 Å². The van der Waals surface area contributed by atoms with Crippen LogP contribution in [0, 0.1) is 23.2 Å².